The molecule has 0 radical (unpaired) electrons. The molecule has 2 heterocycles. The van der Waals surface area contributed by atoms with Crippen LogP contribution < -0.4 is 10.1 Å². The lowest BCUT2D eigenvalue weighted by atomic mass is 9.82. The summed E-state index contributed by atoms with van der Waals surface area (Å²) in [5.41, 5.74) is 0.290. The number of aromatic nitrogens is 2. The highest BCUT2D eigenvalue weighted by Gasteiger charge is 2.46. The van der Waals surface area contributed by atoms with E-state index in [-0.39, 0.29) is 46.1 Å². The van der Waals surface area contributed by atoms with Crippen LogP contribution in [0.1, 0.15) is 46.7 Å². The largest absolute Gasteiger partial charge is 0.494 e. The number of carbonyl (C=O) groups excluding carboxylic acids is 2. The highest BCUT2D eigenvalue weighted by atomic mass is 35.5. The van der Waals surface area contributed by atoms with E-state index in [1.54, 1.807) is 11.0 Å². The Morgan fingerprint density at radius 1 is 1.19 bits per heavy atom. The van der Waals surface area contributed by atoms with E-state index >= 15 is 0 Å². The number of nitrogens with one attached hydrogen (secondary N) is 1. The second-order valence-electron chi connectivity index (χ2n) is 7.75. The van der Waals surface area contributed by atoms with Crippen molar-refractivity contribution in [1.29, 1.82) is 0 Å². The maximum atomic E-state index is 13.5. The Morgan fingerprint density at radius 3 is 2.61 bits per heavy atom. The van der Waals surface area contributed by atoms with Gasteiger partial charge in [0, 0.05) is 23.5 Å². The molecule has 3 atom stereocenters. The SMILES string of the molecule is COc1c(Cl)cc(Cl)cc1C(=O)N1CC(NC(=O)c2ncc(F)cn2)C2CCCCC21. The monoisotopic (exact) mass is 466 g/mol. The number of hydrogen-bond acceptors (Lipinski definition) is 5. The van der Waals surface area contributed by atoms with Crippen molar-refractivity contribution in [2.45, 2.75) is 37.8 Å². The van der Waals surface area contributed by atoms with Gasteiger partial charge >= 0.3 is 0 Å². The number of rotatable bonds is 4. The third-order valence-electron chi connectivity index (χ3n) is 5.94. The molecule has 1 saturated heterocycles. The molecular weight excluding hydrogens is 446 g/mol. The zero-order chi connectivity index (χ0) is 22.1. The Hall–Kier alpha value is -2.45. The van der Waals surface area contributed by atoms with E-state index in [0.29, 0.717) is 11.6 Å². The van der Waals surface area contributed by atoms with Crippen molar-refractivity contribution in [3.05, 3.63) is 51.8 Å². The van der Waals surface area contributed by atoms with E-state index in [1.807, 2.05) is 0 Å². The predicted molar refractivity (Wildman–Crippen MR) is 113 cm³/mol. The van der Waals surface area contributed by atoms with Gasteiger partial charge in [-0.15, -0.1) is 0 Å². The van der Waals surface area contributed by atoms with Gasteiger partial charge in [0.05, 0.1) is 36.1 Å². The summed E-state index contributed by atoms with van der Waals surface area (Å²) in [4.78, 5) is 35.3. The van der Waals surface area contributed by atoms with Crippen LogP contribution >= 0.6 is 23.2 Å². The minimum absolute atomic E-state index is 0.0249. The summed E-state index contributed by atoms with van der Waals surface area (Å²) in [6.07, 6.45) is 5.65. The van der Waals surface area contributed by atoms with Crippen molar-refractivity contribution in [3.63, 3.8) is 0 Å². The molecule has 1 N–H and O–H groups in total. The van der Waals surface area contributed by atoms with Crippen LogP contribution in [0.25, 0.3) is 0 Å². The lowest BCUT2D eigenvalue weighted by Crippen LogP contribution is -2.42. The molecule has 1 aromatic heterocycles. The topological polar surface area (TPSA) is 84.4 Å². The van der Waals surface area contributed by atoms with Gasteiger partial charge in [-0.05, 0) is 25.0 Å². The molecule has 10 heteroatoms. The molecule has 7 nitrogen and oxygen atoms in total. The first-order valence-electron chi connectivity index (χ1n) is 10.0. The Bertz CT molecular complexity index is 1000. The Labute approximate surface area is 188 Å². The molecule has 164 valence electrons. The van der Waals surface area contributed by atoms with Gasteiger partial charge in [0.1, 0.15) is 5.75 Å². The van der Waals surface area contributed by atoms with Crippen LogP contribution in [0.2, 0.25) is 10.0 Å². The quantitative estimate of drug-likeness (QED) is 0.741. The second kappa shape index (κ2) is 8.96. The highest BCUT2D eigenvalue weighted by molar-refractivity contribution is 6.36. The maximum Gasteiger partial charge on any atom is 0.289 e. The molecule has 2 fully saturated rings. The van der Waals surface area contributed by atoms with Gasteiger partial charge in [0.15, 0.2) is 5.82 Å². The number of fused-ring (bicyclic) bond motifs is 1. The lowest BCUT2D eigenvalue weighted by molar-refractivity contribution is 0.0686. The number of amides is 2. The standard InChI is InChI=1S/C21H21Cl2FN4O3/c1-31-18-14(6-11(22)7-15(18)23)21(30)28-10-16(13-4-2-3-5-17(13)28)27-20(29)19-25-8-12(24)9-26-19/h6-9,13,16-17H,2-5,10H2,1H3,(H,27,29). The normalized spacial score (nSPS) is 22.7. The van der Waals surface area contributed by atoms with Gasteiger partial charge in [0.25, 0.3) is 11.8 Å². The molecule has 0 bridgehead atoms. The van der Waals surface area contributed by atoms with Crippen LogP contribution in [-0.4, -0.2) is 52.4 Å². The van der Waals surface area contributed by atoms with Crippen molar-refractivity contribution in [2.24, 2.45) is 5.92 Å². The first kappa shape index (κ1) is 21.8. The zero-order valence-corrected chi connectivity index (χ0v) is 18.3. The number of halogens is 3. The summed E-state index contributed by atoms with van der Waals surface area (Å²) in [7, 11) is 1.45. The van der Waals surface area contributed by atoms with Crippen LogP contribution in [-0.2, 0) is 0 Å². The fourth-order valence-corrected chi connectivity index (χ4v) is 5.18. The van der Waals surface area contributed by atoms with Gasteiger partial charge in [0.2, 0.25) is 5.82 Å². The summed E-state index contributed by atoms with van der Waals surface area (Å²) >= 11 is 12.4. The van der Waals surface area contributed by atoms with Crippen LogP contribution in [0.4, 0.5) is 4.39 Å². The molecule has 3 unspecified atom stereocenters. The molecular formula is C21H21Cl2FN4O3. The molecule has 1 aliphatic carbocycles. The first-order chi connectivity index (χ1) is 14.9. The number of hydrogen-bond donors (Lipinski definition) is 1. The van der Waals surface area contributed by atoms with Gasteiger partial charge in [-0.3, -0.25) is 9.59 Å². The molecule has 1 aromatic carbocycles. The van der Waals surface area contributed by atoms with Crippen LogP contribution in [0.5, 0.6) is 5.75 Å². The number of nitrogens with zero attached hydrogens (tertiary/aromatic N) is 3. The summed E-state index contributed by atoms with van der Waals surface area (Å²) in [6.45, 7) is 0.328. The molecule has 2 amide bonds. The summed E-state index contributed by atoms with van der Waals surface area (Å²) in [5, 5.41) is 3.54. The van der Waals surface area contributed by atoms with Gasteiger partial charge in [-0.1, -0.05) is 36.0 Å². The summed E-state index contributed by atoms with van der Waals surface area (Å²) in [5.74, 6) is -1.09. The van der Waals surface area contributed by atoms with Gasteiger partial charge in [-0.2, -0.15) is 0 Å². The Kier molecular flexibility index (Phi) is 6.29. The van der Waals surface area contributed by atoms with Gasteiger partial charge < -0.3 is 15.0 Å². The number of methoxy groups -OCH3 is 1. The molecule has 1 saturated carbocycles. The van der Waals surface area contributed by atoms with Crippen LogP contribution in [0.3, 0.4) is 0 Å². The van der Waals surface area contributed by atoms with Crippen molar-refractivity contribution in [1.82, 2.24) is 20.2 Å². The third-order valence-corrected chi connectivity index (χ3v) is 6.43. The Morgan fingerprint density at radius 2 is 1.90 bits per heavy atom. The zero-order valence-electron chi connectivity index (χ0n) is 16.8. The first-order valence-corrected chi connectivity index (χ1v) is 10.8. The number of benzene rings is 1. The van der Waals surface area contributed by atoms with E-state index in [9.17, 15) is 14.0 Å². The summed E-state index contributed by atoms with van der Waals surface area (Å²) < 4.78 is 18.4. The van der Waals surface area contributed by atoms with E-state index in [1.165, 1.54) is 13.2 Å². The van der Waals surface area contributed by atoms with E-state index < -0.39 is 11.7 Å². The third kappa shape index (κ3) is 4.32. The summed E-state index contributed by atoms with van der Waals surface area (Å²) in [6, 6.07) is 2.78. The fourth-order valence-electron chi connectivity index (χ4n) is 4.61. The van der Waals surface area contributed by atoms with E-state index in [0.717, 1.165) is 38.1 Å². The van der Waals surface area contributed by atoms with Gasteiger partial charge in [-0.25, -0.2) is 14.4 Å². The van der Waals surface area contributed by atoms with Crippen LogP contribution in [0.15, 0.2) is 24.5 Å². The number of carbonyl (C=O) groups is 2. The Balaban J connectivity index is 1.59. The average molecular weight is 467 g/mol. The van der Waals surface area contributed by atoms with Crippen LogP contribution in [0, 0.1) is 11.7 Å². The number of ether oxygens (including phenoxy) is 1. The van der Waals surface area contributed by atoms with Crippen molar-refractivity contribution < 1.29 is 18.7 Å². The molecule has 31 heavy (non-hydrogen) atoms. The number of likely N-dealkylation sites (tertiary alicyclic amines) is 1. The second-order valence-corrected chi connectivity index (χ2v) is 8.59. The maximum absolute atomic E-state index is 13.5. The van der Waals surface area contributed by atoms with E-state index in [4.69, 9.17) is 27.9 Å². The molecule has 2 aliphatic rings. The molecule has 1 aliphatic heterocycles. The highest BCUT2D eigenvalue weighted by Crippen LogP contribution is 2.40. The lowest BCUT2D eigenvalue weighted by Gasteiger charge is -2.32. The van der Waals surface area contributed by atoms with Crippen molar-refractivity contribution in [3.8, 4) is 5.75 Å². The predicted octanol–water partition coefficient (Wildman–Crippen LogP) is 3.74. The minimum atomic E-state index is -0.615. The molecule has 2 aromatic rings. The van der Waals surface area contributed by atoms with Crippen molar-refractivity contribution >= 4 is 35.0 Å². The minimum Gasteiger partial charge on any atom is -0.494 e. The van der Waals surface area contributed by atoms with E-state index in [2.05, 4.69) is 15.3 Å². The average Bonchev–Trinajstić information content (AvgIpc) is 3.11. The molecule has 0 spiro atoms. The smallest absolute Gasteiger partial charge is 0.289 e. The molecule has 4 rings (SSSR count). The van der Waals surface area contributed by atoms with Crippen molar-refractivity contribution in [2.75, 3.05) is 13.7 Å². The fraction of sp³-hybridized carbons (Fsp3) is 0.429.